The zero-order valence-corrected chi connectivity index (χ0v) is 10.2. The van der Waals surface area contributed by atoms with Gasteiger partial charge in [-0.1, -0.05) is 0 Å². The van der Waals surface area contributed by atoms with Gasteiger partial charge in [0.25, 0.3) is 5.91 Å². The molecule has 1 aromatic rings. The van der Waals surface area contributed by atoms with Gasteiger partial charge in [0.15, 0.2) is 5.69 Å². The van der Waals surface area contributed by atoms with E-state index in [1.54, 1.807) is 0 Å². The first-order valence-corrected chi connectivity index (χ1v) is 5.73. The first-order chi connectivity index (χ1) is 8.88. The van der Waals surface area contributed by atoms with Crippen molar-refractivity contribution in [2.45, 2.75) is 18.8 Å². The van der Waals surface area contributed by atoms with E-state index in [0.717, 1.165) is 15.6 Å². The van der Waals surface area contributed by atoms with Crippen molar-refractivity contribution in [2.24, 2.45) is 7.05 Å². The molecule has 0 aliphatic carbocycles. The average molecular weight is 273 g/mol. The molecule has 1 saturated heterocycles. The third kappa shape index (κ3) is 2.72. The minimum absolute atomic E-state index is 0.00120. The standard InChI is InChI=1S/C11H13F2N3O3/c1-15-9(3-8(14-15)11(18)19)10(17)16-4-6(12)2-7(13)5-16/h3,6-7H,2,4-5H2,1H3,(H,18,19)/t6-,7+. The topological polar surface area (TPSA) is 75.4 Å². The molecule has 0 saturated carbocycles. The molecule has 6 nitrogen and oxygen atoms in total. The number of aromatic carboxylic acids is 1. The summed E-state index contributed by atoms with van der Waals surface area (Å²) in [4.78, 5) is 23.9. The molecule has 2 atom stereocenters. The Balaban J connectivity index is 2.21. The third-order valence-corrected chi connectivity index (χ3v) is 2.95. The summed E-state index contributed by atoms with van der Waals surface area (Å²) in [5.74, 6) is -1.88. The van der Waals surface area contributed by atoms with Crippen LogP contribution >= 0.6 is 0 Å². The number of carboxylic acid groups (broad SMARTS) is 1. The second kappa shape index (κ2) is 4.94. The zero-order valence-electron chi connectivity index (χ0n) is 10.2. The lowest BCUT2D eigenvalue weighted by atomic mass is 10.1. The number of alkyl halides is 2. The van der Waals surface area contributed by atoms with Gasteiger partial charge in [0.2, 0.25) is 0 Å². The first kappa shape index (κ1) is 13.4. The van der Waals surface area contributed by atoms with Gasteiger partial charge >= 0.3 is 5.97 Å². The van der Waals surface area contributed by atoms with E-state index >= 15 is 0 Å². The molecule has 0 bridgehead atoms. The molecular weight excluding hydrogens is 260 g/mol. The highest BCUT2D eigenvalue weighted by Crippen LogP contribution is 2.18. The minimum atomic E-state index is -1.40. The molecule has 1 aromatic heterocycles. The molecule has 8 heteroatoms. The Morgan fingerprint density at radius 1 is 1.37 bits per heavy atom. The van der Waals surface area contributed by atoms with Crippen molar-refractivity contribution in [2.75, 3.05) is 13.1 Å². The lowest BCUT2D eigenvalue weighted by Gasteiger charge is -2.31. The number of carbonyl (C=O) groups excluding carboxylic acids is 1. The van der Waals surface area contributed by atoms with Crippen LogP contribution in [0.15, 0.2) is 6.07 Å². The summed E-state index contributed by atoms with van der Waals surface area (Å²) in [5.41, 5.74) is -0.282. The van der Waals surface area contributed by atoms with Crippen LogP contribution in [0.1, 0.15) is 27.4 Å². The summed E-state index contributed by atoms with van der Waals surface area (Å²) >= 11 is 0. The average Bonchev–Trinajstić information content (AvgIpc) is 2.69. The fourth-order valence-electron chi connectivity index (χ4n) is 2.08. The van der Waals surface area contributed by atoms with Crippen molar-refractivity contribution in [3.8, 4) is 0 Å². The fraction of sp³-hybridized carbons (Fsp3) is 0.545. The first-order valence-electron chi connectivity index (χ1n) is 5.73. The summed E-state index contributed by atoms with van der Waals surface area (Å²) in [6, 6.07) is 1.10. The lowest BCUT2D eigenvalue weighted by molar-refractivity contribution is 0.0460. The molecule has 19 heavy (non-hydrogen) atoms. The van der Waals surface area contributed by atoms with E-state index in [4.69, 9.17) is 5.11 Å². The number of hydrogen-bond donors (Lipinski definition) is 1. The van der Waals surface area contributed by atoms with Gasteiger partial charge < -0.3 is 10.0 Å². The largest absolute Gasteiger partial charge is 0.476 e. The number of carboxylic acids is 1. The van der Waals surface area contributed by atoms with Crippen LogP contribution in [0.4, 0.5) is 8.78 Å². The highest BCUT2D eigenvalue weighted by Gasteiger charge is 2.32. The van der Waals surface area contributed by atoms with E-state index in [1.807, 2.05) is 0 Å². The van der Waals surface area contributed by atoms with Gasteiger partial charge in [-0.15, -0.1) is 0 Å². The van der Waals surface area contributed by atoms with Crippen molar-refractivity contribution in [3.63, 3.8) is 0 Å². The van der Waals surface area contributed by atoms with E-state index < -0.39 is 24.2 Å². The number of likely N-dealkylation sites (tertiary alicyclic amines) is 1. The number of rotatable bonds is 2. The predicted octanol–water partition coefficient (Wildman–Crippen LogP) is 0.640. The Bertz CT molecular complexity index is 507. The van der Waals surface area contributed by atoms with E-state index in [1.165, 1.54) is 7.05 Å². The van der Waals surface area contributed by atoms with Crippen LogP contribution in [0.25, 0.3) is 0 Å². The highest BCUT2D eigenvalue weighted by atomic mass is 19.1. The van der Waals surface area contributed by atoms with Crippen LogP contribution in [0.2, 0.25) is 0 Å². The molecule has 0 unspecified atom stereocenters. The molecule has 1 aliphatic heterocycles. The molecule has 2 rings (SSSR count). The number of hydrogen-bond acceptors (Lipinski definition) is 3. The molecule has 1 aliphatic rings. The van der Waals surface area contributed by atoms with E-state index in [0.29, 0.717) is 0 Å². The monoisotopic (exact) mass is 273 g/mol. The van der Waals surface area contributed by atoms with Crippen molar-refractivity contribution in [1.29, 1.82) is 0 Å². The van der Waals surface area contributed by atoms with E-state index in [9.17, 15) is 18.4 Å². The molecule has 2 heterocycles. The van der Waals surface area contributed by atoms with Gasteiger partial charge in [0, 0.05) is 19.5 Å². The van der Waals surface area contributed by atoms with Gasteiger partial charge in [-0.05, 0) is 0 Å². The van der Waals surface area contributed by atoms with Gasteiger partial charge in [-0.2, -0.15) is 5.10 Å². The Labute approximate surface area is 107 Å². The third-order valence-electron chi connectivity index (χ3n) is 2.95. The molecule has 1 amide bonds. The number of piperidine rings is 1. The van der Waals surface area contributed by atoms with Gasteiger partial charge in [-0.25, -0.2) is 13.6 Å². The van der Waals surface area contributed by atoms with Crippen molar-refractivity contribution < 1.29 is 23.5 Å². The number of amides is 1. The molecule has 0 aromatic carbocycles. The Kier molecular flexibility index (Phi) is 3.50. The molecule has 1 fully saturated rings. The summed E-state index contributed by atoms with van der Waals surface area (Å²) in [6.45, 7) is -0.375. The van der Waals surface area contributed by atoms with Crippen LogP contribution in [0.3, 0.4) is 0 Å². The summed E-state index contributed by atoms with van der Waals surface area (Å²) in [7, 11) is 1.41. The Morgan fingerprint density at radius 2 is 1.95 bits per heavy atom. The van der Waals surface area contributed by atoms with Gasteiger partial charge in [0.1, 0.15) is 18.0 Å². The Hall–Kier alpha value is -1.99. The number of carbonyl (C=O) groups is 2. The van der Waals surface area contributed by atoms with Gasteiger partial charge in [0.05, 0.1) is 13.1 Å². The predicted molar refractivity (Wildman–Crippen MR) is 60.5 cm³/mol. The maximum atomic E-state index is 13.2. The number of aryl methyl sites for hydroxylation is 1. The maximum absolute atomic E-state index is 13.2. The number of halogens is 2. The molecular formula is C11H13F2N3O3. The van der Waals surface area contributed by atoms with Crippen molar-refractivity contribution in [1.82, 2.24) is 14.7 Å². The summed E-state index contributed by atoms with van der Waals surface area (Å²) < 4.78 is 27.6. The summed E-state index contributed by atoms with van der Waals surface area (Å²) in [6.07, 6.45) is -3.02. The van der Waals surface area contributed by atoms with Crippen LogP contribution in [0, 0.1) is 0 Å². The van der Waals surface area contributed by atoms with E-state index in [2.05, 4.69) is 5.10 Å². The normalized spacial score (nSPS) is 23.4. The highest BCUT2D eigenvalue weighted by molar-refractivity contribution is 5.95. The molecule has 104 valence electrons. The second-order valence-corrected chi connectivity index (χ2v) is 4.48. The SMILES string of the molecule is Cn1nc(C(=O)O)cc1C(=O)N1C[C@H](F)C[C@H](F)C1. The van der Waals surface area contributed by atoms with Gasteiger partial charge in [-0.3, -0.25) is 9.48 Å². The van der Waals surface area contributed by atoms with Crippen LogP contribution in [-0.2, 0) is 7.05 Å². The second-order valence-electron chi connectivity index (χ2n) is 4.48. The number of nitrogens with zero attached hydrogens (tertiary/aromatic N) is 3. The number of aromatic nitrogens is 2. The lowest BCUT2D eigenvalue weighted by Crippen LogP contribution is -2.46. The molecule has 1 N–H and O–H groups in total. The smallest absolute Gasteiger partial charge is 0.356 e. The minimum Gasteiger partial charge on any atom is -0.476 e. The zero-order chi connectivity index (χ0) is 14.2. The molecule has 0 spiro atoms. The van der Waals surface area contributed by atoms with Crippen LogP contribution in [-0.4, -0.2) is 57.1 Å². The quantitative estimate of drug-likeness (QED) is 0.858. The van der Waals surface area contributed by atoms with Crippen molar-refractivity contribution in [3.05, 3.63) is 17.5 Å². The molecule has 0 radical (unpaired) electrons. The van der Waals surface area contributed by atoms with E-state index in [-0.39, 0.29) is 30.9 Å². The maximum Gasteiger partial charge on any atom is 0.356 e. The van der Waals surface area contributed by atoms with Crippen LogP contribution < -0.4 is 0 Å². The Morgan fingerprint density at radius 3 is 2.42 bits per heavy atom. The van der Waals surface area contributed by atoms with Crippen LogP contribution in [0.5, 0.6) is 0 Å². The fourth-order valence-corrected chi connectivity index (χ4v) is 2.08. The summed E-state index contributed by atoms with van der Waals surface area (Å²) in [5, 5.41) is 12.4. The van der Waals surface area contributed by atoms with Crippen molar-refractivity contribution >= 4 is 11.9 Å².